The second kappa shape index (κ2) is 12.0. The van der Waals surface area contributed by atoms with Crippen molar-refractivity contribution in [3.63, 3.8) is 0 Å². The fraction of sp³-hybridized carbons (Fsp3) is 0.722. The van der Waals surface area contributed by atoms with Gasteiger partial charge in [0, 0.05) is 0 Å². The zero-order chi connectivity index (χ0) is 22.9. The summed E-state index contributed by atoms with van der Waals surface area (Å²) < 4.78 is 0. The van der Waals surface area contributed by atoms with Crippen molar-refractivity contribution in [1.29, 1.82) is 0 Å². The van der Waals surface area contributed by atoms with Crippen LogP contribution in [0.25, 0.3) is 0 Å². The van der Waals surface area contributed by atoms with Gasteiger partial charge in [-0.15, -0.1) is 0 Å². The summed E-state index contributed by atoms with van der Waals surface area (Å²) in [6, 6.07) is -4.44. The first-order chi connectivity index (χ1) is 13.3. The number of rotatable bonds is 12. The fourth-order valence-corrected chi connectivity index (χ4v) is 2.43. The number of aliphatic carboxylic acids is 1. The number of nitrogens with one attached hydrogen (secondary N) is 3. The molecular formula is C18H33N5O6. The lowest BCUT2D eigenvalue weighted by atomic mass is 9.97. The van der Waals surface area contributed by atoms with E-state index < -0.39 is 66.1 Å². The molecule has 8 N–H and O–H groups in total. The van der Waals surface area contributed by atoms with Crippen LogP contribution in [0, 0.1) is 11.8 Å². The number of hydrogen-bond donors (Lipinski definition) is 6. The van der Waals surface area contributed by atoms with E-state index in [0.717, 1.165) is 0 Å². The van der Waals surface area contributed by atoms with Crippen molar-refractivity contribution >= 4 is 29.6 Å². The molecule has 4 amide bonds. The molecule has 0 heterocycles. The van der Waals surface area contributed by atoms with Gasteiger partial charge >= 0.3 is 5.97 Å². The highest BCUT2D eigenvalue weighted by molar-refractivity contribution is 5.96. The third kappa shape index (κ3) is 8.90. The number of carbonyl (C=O) groups excluding carboxylic acids is 4. The Balaban J connectivity index is 5.51. The highest BCUT2D eigenvalue weighted by atomic mass is 16.4. The number of nitrogens with two attached hydrogens (primary N) is 2. The molecule has 5 atom stereocenters. The number of carboxylic acids is 1. The lowest BCUT2D eigenvalue weighted by Crippen LogP contribution is -2.59. The van der Waals surface area contributed by atoms with E-state index in [-0.39, 0.29) is 5.92 Å². The van der Waals surface area contributed by atoms with Crippen LogP contribution >= 0.6 is 0 Å². The van der Waals surface area contributed by atoms with Gasteiger partial charge in [-0.3, -0.25) is 19.2 Å². The molecule has 0 saturated heterocycles. The molecule has 0 aliphatic carbocycles. The molecule has 0 aromatic rings. The molecule has 0 saturated carbocycles. The molecule has 0 fully saturated rings. The number of hydrogen-bond acceptors (Lipinski definition) is 6. The minimum Gasteiger partial charge on any atom is -0.480 e. The van der Waals surface area contributed by atoms with Crippen LogP contribution in [0.5, 0.6) is 0 Å². The van der Waals surface area contributed by atoms with Gasteiger partial charge in [0.05, 0.1) is 12.5 Å². The normalized spacial score (nSPS) is 16.1. The van der Waals surface area contributed by atoms with Crippen molar-refractivity contribution in [2.75, 3.05) is 0 Å². The average molecular weight is 415 g/mol. The minimum absolute atomic E-state index is 0.294. The summed E-state index contributed by atoms with van der Waals surface area (Å²) >= 11 is 0. The lowest BCUT2D eigenvalue weighted by Gasteiger charge is -2.27. The first-order valence-electron chi connectivity index (χ1n) is 9.49. The van der Waals surface area contributed by atoms with Crippen molar-refractivity contribution in [1.82, 2.24) is 16.0 Å². The number of primary amides is 1. The number of amides is 4. The van der Waals surface area contributed by atoms with Crippen molar-refractivity contribution in [3.05, 3.63) is 0 Å². The summed E-state index contributed by atoms with van der Waals surface area (Å²) in [6.07, 6.45) is 0.00884. The second-order valence-corrected chi connectivity index (χ2v) is 7.46. The topological polar surface area (TPSA) is 194 Å². The Hall–Kier alpha value is -2.69. The molecule has 0 aromatic heterocycles. The Morgan fingerprint density at radius 2 is 1.38 bits per heavy atom. The van der Waals surface area contributed by atoms with Gasteiger partial charge in [-0.25, -0.2) is 4.79 Å². The van der Waals surface area contributed by atoms with Crippen LogP contribution in [-0.2, 0) is 24.0 Å². The van der Waals surface area contributed by atoms with Gasteiger partial charge in [0.2, 0.25) is 23.6 Å². The maximum Gasteiger partial charge on any atom is 0.326 e. The predicted octanol–water partition coefficient (Wildman–Crippen LogP) is -1.55. The van der Waals surface area contributed by atoms with E-state index in [1.165, 1.54) is 6.92 Å². The summed E-state index contributed by atoms with van der Waals surface area (Å²) in [5.74, 6) is -4.95. The Labute approximate surface area is 170 Å². The van der Waals surface area contributed by atoms with Gasteiger partial charge < -0.3 is 32.5 Å². The van der Waals surface area contributed by atoms with Crippen LogP contribution in [0.4, 0.5) is 0 Å². The predicted molar refractivity (Wildman–Crippen MR) is 105 cm³/mol. The summed E-state index contributed by atoms with van der Waals surface area (Å²) in [5.41, 5.74) is 10.7. The van der Waals surface area contributed by atoms with E-state index in [9.17, 15) is 29.1 Å². The van der Waals surface area contributed by atoms with Crippen molar-refractivity contribution < 1.29 is 29.1 Å². The van der Waals surface area contributed by atoms with Crippen molar-refractivity contribution in [2.45, 2.75) is 71.6 Å². The molecule has 0 aromatic carbocycles. The molecule has 11 heteroatoms. The number of carbonyl (C=O) groups is 5. The third-order valence-electron chi connectivity index (χ3n) is 4.48. The summed E-state index contributed by atoms with van der Waals surface area (Å²) in [5, 5.41) is 16.4. The highest BCUT2D eigenvalue weighted by Gasteiger charge is 2.33. The zero-order valence-corrected chi connectivity index (χ0v) is 17.5. The van der Waals surface area contributed by atoms with Crippen LogP contribution in [0.15, 0.2) is 0 Å². The Bertz CT molecular complexity index is 622. The molecule has 11 nitrogen and oxygen atoms in total. The molecule has 0 aliphatic heterocycles. The smallest absolute Gasteiger partial charge is 0.326 e. The van der Waals surface area contributed by atoms with E-state index in [1.807, 2.05) is 6.92 Å². The molecule has 0 rings (SSSR count). The first kappa shape index (κ1) is 26.3. The molecule has 5 unspecified atom stereocenters. The van der Waals surface area contributed by atoms with Crippen LogP contribution in [0.1, 0.15) is 47.5 Å². The van der Waals surface area contributed by atoms with Gasteiger partial charge in [-0.2, -0.15) is 0 Å². The summed E-state index contributed by atoms with van der Waals surface area (Å²) in [7, 11) is 0. The minimum atomic E-state index is -1.39. The van der Waals surface area contributed by atoms with E-state index in [1.54, 1.807) is 20.8 Å². The van der Waals surface area contributed by atoms with E-state index in [0.29, 0.717) is 6.42 Å². The Morgan fingerprint density at radius 3 is 1.76 bits per heavy atom. The van der Waals surface area contributed by atoms with Gasteiger partial charge in [-0.1, -0.05) is 34.1 Å². The van der Waals surface area contributed by atoms with Crippen molar-refractivity contribution in [3.8, 4) is 0 Å². The zero-order valence-electron chi connectivity index (χ0n) is 17.5. The standard InChI is InChI=1S/C18H33N5O6/c1-6-9(4)14(23-15(25)10(5)19)17(27)21-11(7-12(20)24)16(26)22-13(8(2)3)18(28)29/h8-11,13-14H,6-7,19H2,1-5H3,(H2,20,24)(H,21,27)(H,22,26)(H,23,25)(H,28,29). The monoisotopic (exact) mass is 415 g/mol. The molecule has 29 heavy (non-hydrogen) atoms. The van der Waals surface area contributed by atoms with E-state index in [4.69, 9.17) is 11.5 Å². The largest absolute Gasteiger partial charge is 0.480 e. The Morgan fingerprint density at radius 1 is 0.862 bits per heavy atom. The highest BCUT2D eigenvalue weighted by Crippen LogP contribution is 2.10. The van der Waals surface area contributed by atoms with Gasteiger partial charge in [-0.05, 0) is 18.8 Å². The molecule has 0 bridgehead atoms. The quantitative estimate of drug-likeness (QED) is 0.222. The van der Waals surface area contributed by atoms with Crippen molar-refractivity contribution in [2.24, 2.45) is 23.3 Å². The molecular weight excluding hydrogens is 382 g/mol. The number of carboxylic acid groups (broad SMARTS) is 1. The van der Waals surface area contributed by atoms with Gasteiger partial charge in [0.25, 0.3) is 0 Å². The van der Waals surface area contributed by atoms with Crippen LogP contribution < -0.4 is 27.4 Å². The SMILES string of the molecule is CCC(C)C(NC(=O)C(C)N)C(=O)NC(CC(N)=O)C(=O)NC(C(=O)O)C(C)C. The molecule has 0 radical (unpaired) electrons. The van der Waals surface area contributed by atoms with E-state index in [2.05, 4.69) is 16.0 Å². The fourth-order valence-electron chi connectivity index (χ4n) is 2.43. The second-order valence-electron chi connectivity index (χ2n) is 7.46. The third-order valence-corrected chi connectivity index (χ3v) is 4.48. The molecule has 0 spiro atoms. The van der Waals surface area contributed by atoms with Crippen LogP contribution in [0.3, 0.4) is 0 Å². The van der Waals surface area contributed by atoms with Gasteiger partial charge in [0.1, 0.15) is 18.1 Å². The maximum atomic E-state index is 12.7. The summed E-state index contributed by atoms with van der Waals surface area (Å²) in [6.45, 7) is 8.21. The first-order valence-corrected chi connectivity index (χ1v) is 9.49. The lowest BCUT2D eigenvalue weighted by molar-refractivity contribution is -0.143. The van der Waals surface area contributed by atoms with Crippen LogP contribution in [0.2, 0.25) is 0 Å². The maximum absolute atomic E-state index is 12.7. The Kier molecular flexibility index (Phi) is 10.9. The average Bonchev–Trinajstić information content (AvgIpc) is 2.61. The van der Waals surface area contributed by atoms with Gasteiger partial charge in [0.15, 0.2) is 0 Å². The van der Waals surface area contributed by atoms with Crippen LogP contribution in [-0.4, -0.2) is 58.9 Å². The summed E-state index contributed by atoms with van der Waals surface area (Å²) in [4.78, 5) is 59.9. The van der Waals surface area contributed by atoms with E-state index >= 15 is 0 Å². The molecule has 166 valence electrons. The molecule has 0 aliphatic rings.